The van der Waals surface area contributed by atoms with Crippen LogP contribution in [-0.4, -0.2) is 30.5 Å². The van der Waals surface area contributed by atoms with Crippen molar-refractivity contribution in [1.82, 2.24) is 0 Å². The summed E-state index contributed by atoms with van der Waals surface area (Å²) in [5.41, 5.74) is 2.26. The molecule has 1 saturated heterocycles. The van der Waals surface area contributed by atoms with E-state index in [0.29, 0.717) is 13.2 Å². The SMILES string of the molecule is Cc1ccccc1N[C@@H]1COC[C@H]1O. The van der Waals surface area contributed by atoms with E-state index in [9.17, 15) is 5.11 Å². The lowest BCUT2D eigenvalue weighted by Crippen LogP contribution is -2.32. The number of rotatable bonds is 2. The second kappa shape index (κ2) is 3.98. The van der Waals surface area contributed by atoms with Crippen LogP contribution in [0.25, 0.3) is 0 Å². The number of benzene rings is 1. The highest BCUT2D eigenvalue weighted by molar-refractivity contribution is 5.51. The molecular formula is C11H15NO2. The predicted molar refractivity (Wildman–Crippen MR) is 55.4 cm³/mol. The van der Waals surface area contributed by atoms with Crippen molar-refractivity contribution >= 4 is 5.69 Å². The Morgan fingerprint density at radius 3 is 2.79 bits per heavy atom. The zero-order valence-corrected chi connectivity index (χ0v) is 8.23. The number of anilines is 1. The summed E-state index contributed by atoms with van der Waals surface area (Å²) in [5.74, 6) is 0. The van der Waals surface area contributed by atoms with Crippen LogP contribution in [0.2, 0.25) is 0 Å². The van der Waals surface area contributed by atoms with Gasteiger partial charge in [0.2, 0.25) is 0 Å². The van der Waals surface area contributed by atoms with Crippen LogP contribution in [0.5, 0.6) is 0 Å². The van der Waals surface area contributed by atoms with Gasteiger partial charge in [-0.2, -0.15) is 0 Å². The standard InChI is InChI=1S/C11H15NO2/c1-8-4-2-3-5-9(8)12-10-6-14-7-11(10)13/h2-5,10-13H,6-7H2,1H3/t10-,11-/m1/s1. The van der Waals surface area contributed by atoms with Crippen LogP contribution in [0.15, 0.2) is 24.3 Å². The first-order valence-electron chi connectivity index (χ1n) is 4.85. The maximum absolute atomic E-state index is 9.55. The molecule has 14 heavy (non-hydrogen) atoms. The predicted octanol–water partition coefficient (Wildman–Crippen LogP) is 1.17. The van der Waals surface area contributed by atoms with Gasteiger partial charge < -0.3 is 15.2 Å². The summed E-state index contributed by atoms with van der Waals surface area (Å²) in [5, 5.41) is 12.8. The van der Waals surface area contributed by atoms with Crippen molar-refractivity contribution in [2.45, 2.75) is 19.1 Å². The summed E-state index contributed by atoms with van der Waals surface area (Å²) in [6.45, 7) is 3.06. The van der Waals surface area contributed by atoms with E-state index in [0.717, 1.165) is 5.69 Å². The average molecular weight is 193 g/mol. The lowest BCUT2D eigenvalue weighted by atomic mass is 10.1. The summed E-state index contributed by atoms with van der Waals surface area (Å²) >= 11 is 0. The molecule has 0 unspecified atom stereocenters. The van der Waals surface area contributed by atoms with Crippen molar-refractivity contribution in [1.29, 1.82) is 0 Å². The van der Waals surface area contributed by atoms with Crippen LogP contribution in [0.3, 0.4) is 0 Å². The molecule has 1 aromatic carbocycles. The zero-order valence-electron chi connectivity index (χ0n) is 8.23. The molecule has 2 atom stereocenters. The third-order valence-corrected chi connectivity index (χ3v) is 2.54. The number of aryl methyl sites for hydroxylation is 1. The lowest BCUT2D eigenvalue weighted by molar-refractivity contribution is 0.125. The number of ether oxygens (including phenoxy) is 1. The molecule has 0 bridgehead atoms. The molecule has 2 N–H and O–H groups in total. The minimum atomic E-state index is -0.394. The monoisotopic (exact) mass is 193 g/mol. The van der Waals surface area contributed by atoms with Gasteiger partial charge >= 0.3 is 0 Å². The van der Waals surface area contributed by atoms with E-state index >= 15 is 0 Å². The quantitative estimate of drug-likeness (QED) is 0.740. The Balaban J connectivity index is 2.07. The molecule has 1 aliphatic heterocycles. The number of aliphatic hydroxyl groups is 1. The first-order chi connectivity index (χ1) is 6.77. The number of hydrogen-bond acceptors (Lipinski definition) is 3. The number of hydrogen-bond donors (Lipinski definition) is 2. The highest BCUT2D eigenvalue weighted by Gasteiger charge is 2.25. The van der Waals surface area contributed by atoms with E-state index in [1.54, 1.807) is 0 Å². The summed E-state index contributed by atoms with van der Waals surface area (Å²) in [4.78, 5) is 0. The van der Waals surface area contributed by atoms with E-state index in [-0.39, 0.29) is 6.04 Å². The van der Waals surface area contributed by atoms with E-state index in [1.165, 1.54) is 5.56 Å². The molecule has 0 radical (unpaired) electrons. The summed E-state index contributed by atoms with van der Waals surface area (Å²) in [6, 6.07) is 8.07. The Labute approximate surface area is 83.7 Å². The van der Waals surface area contributed by atoms with Gasteiger partial charge in [-0.1, -0.05) is 18.2 Å². The topological polar surface area (TPSA) is 41.5 Å². The van der Waals surface area contributed by atoms with Crippen LogP contribution < -0.4 is 5.32 Å². The lowest BCUT2D eigenvalue weighted by Gasteiger charge is -2.17. The smallest absolute Gasteiger partial charge is 0.0996 e. The first kappa shape index (κ1) is 9.49. The molecule has 1 heterocycles. The Hall–Kier alpha value is -1.06. The van der Waals surface area contributed by atoms with Crippen molar-refractivity contribution in [2.24, 2.45) is 0 Å². The van der Waals surface area contributed by atoms with Crippen LogP contribution in [0.1, 0.15) is 5.56 Å². The number of nitrogens with one attached hydrogen (secondary N) is 1. The van der Waals surface area contributed by atoms with E-state index in [2.05, 4.69) is 5.32 Å². The van der Waals surface area contributed by atoms with Gasteiger partial charge in [0, 0.05) is 5.69 Å². The fourth-order valence-corrected chi connectivity index (χ4v) is 1.62. The van der Waals surface area contributed by atoms with Crippen molar-refractivity contribution in [3.05, 3.63) is 29.8 Å². The Kier molecular flexibility index (Phi) is 2.70. The number of aliphatic hydroxyl groups excluding tert-OH is 1. The minimum absolute atomic E-state index is 0.0242. The highest BCUT2D eigenvalue weighted by Crippen LogP contribution is 2.17. The van der Waals surface area contributed by atoms with E-state index in [4.69, 9.17) is 4.74 Å². The van der Waals surface area contributed by atoms with Crippen molar-refractivity contribution < 1.29 is 9.84 Å². The van der Waals surface area contributed by atoms with Crippen LogP contribution in [-0.2, 0) is 4.74 Å². The van der Waals surface area contributed by atoms with Crippen LogP contribution in [0.4, 0.5) is 5.69 Å². The maximum Gasteiger partial charge on any atom is 0.0996 e. The van der Waals surface area contributed by atoms with Gasteiger partial charge in [-0.15, -0.1) is 0 Å². The zero-order chi connectivity index (χ0) is 9.97. The molecule has 1 fully saturated rings. The Morgan fingerprint density at radius 1 is 1.36 bits per heavy atom. The summed E-state index contributed by atoms with van der Waals surface area (Å²) in [7, 11) is 0. The summed E-state index contributed by atoms with van der Waals surface area (Å²) in [6.07, 6.45) is -0.394. The summed E-state index contributed by atoms with van der Waals surface area (Å²) < 4.78 is 5.17. The highest BCUT2D eigenvalue weighted by atomic mass is 16.5. The Morgan fingerprint density at radius 2 is 2.14 bits per heavy atom. The second-order valence-corrected chi connectivity index (χ2v) is 3.67. The molecule has 3 nitrogen and oxygen atoms in total. The normalized spacial score (nSPS) is 26.4. The molecule has 1 aliphatic rings. The van der Waals surface area contributed by atoms with Gasteiger partial charge in [0.1, 0.15) is 0 Å². The van der Waals surface area contributed by atoms with Crippen molar-refractivity contribution in [3.8, 4) is 0 Å². The fourth-order valence-electron chi connectivity index (χ4n) is 1.62. The van der Waals surface area contributed by atoms with Crippen molar-refractivity contribution in [3.63, 3.8) is 0 Å². The van der Waals surface area contributed by atoms with E-state index in [1.807, 2.05) is 31.2 Å². The number of para-hydroxylation sites is 1. The fraction of sp³-hybridized carbons (Fsp3) is 0.455. The Bertz CT molecular complexity index is 314. The largest absolute Gasteiger partial charge is 0.388 e. The first-order valence-corrected chi connectivity index (χ1v) is 4.85. The molecule has 1 aromatic rings. The molecule has 0 aliphatic carbocycles. The van der Waals surface area contributed by atoms with Gasteiger partial charge in [0.05, 0.1) is 25.4 Å². The minimum Gasteiger partial charge on any atom is -0.388 e. The van der Waals surface area contributed by atoms with Gasteiger partial charge in [0.25, 0.3) is 0 Å². The molecule has 0 spiro atoms. The molecule has 2 rings (SSSR count). The van der Waals surface area contributed by atoms with Crippen LogP contribution >= 0.6 is 0 Å². The third-order valence-electron chi connectivity index (χ3n) is 2.54. The van der Waals surface area contributed by atoms with Gasteiger partial charge in [-0.3, -0.25) is 0 Å². The third kappa shape index (κ3) is 1.89. The van der Waals surface area contributed by atoms with Crippen LogP contribution in [0, 0.1) is 6.92 Å². The second-order valence-electron chi connectivity index (χ2n) is 3.67. The molecule has 3 heteroatoms. The van der Waals surface area contributed by atoms with E-state index < -0.39 is 6.10 Å². The molecule has 0 amide bonds. The van der Waals surface area contributed by atoms with Gasteiger partial charge in [-0.25, -0.2) is 0 Å². The van der Waals surface area contributed by atoms with Gasteiger partial charge in [0.15, 0.2) is 0 Å². The maximum atomic E-state index is 9.55. The molecule has 0 saturated carbocycles. The van der Waals surface area contributed by atoms with Crippen molar-refractivity contribution in [2.75, 3.05) is 18.5 Å². The molecular weight excluding hydrogens is 178 g/mol. The molecule has 76 valence electrons. The average Bonchev–Trinajstić information content (AvgIpc) is 2.56. The molecule has 0 aromatic heterocycles. The van der Waals surface area contributed by atoms with Gasteiger partial charge in [-0.05, 0) is 18.6 Å².